The molecule has 30 heavy (non-hydrogen) atoms. The summed E-state index contributed by atoms with van der Waals surface area (Å²) in [5.74, 6) is 2.48. The zero-order valence-corrected chi connectivity index (χ0v) is 17.3. The molecule has 3 aliphatic rings. The molecule has 1 N–H and O–H groups in total. The summed E-state index contributed by atoms with van der Waals surface area (Å²) in [4.78, 5) is 15.3. The van der Waals surface area contributed by atoms with Crippen LogP contribution in [0.5, 0.6) is 17.2 Å². The molecule has 0 aromatic heterocycles. The fraction of sp³-hybridized carbons (Fsp3) is 0.458. The van der Waals surface area contributed by atoms with Gasteiger partial charge in [0.2, 0.25) is 6.79 Å². The van der Waals surface area contributed by atoms with Crippen LogP contribution in [0.2, 0.25) is 0 Å². The fourth-order valence-corrected chi connectivity index (χ4v) is 5.04. The Balaban J connectivity index is 1.19. The fourth-order valence-electron chi connectivity index (χ4n) is 5.04. The lowest BCUT2D eigenvalue weighted by Crippen LogP contribution is -2.49. The first kappa shape index (κ1) is 19.2. The van der Waals surface area contributed by atoms with E-state index in [2.05, 4.69) is 22.3 Å². The van der Waals surface area contributed by atoms with E-state index in [0.717, 1.165) is 36.6 Å². The monoisotopic (exact) mass is 408 g/mol. The van der Waals surface area contributed by atoms with Gasteiger partial charge in [0, 0.05) is 30.2 Å². The van der Waals surface area contributed by atoms with Gasteiger partial charge in [0.1, 0.15) is 5.75 Å². The van der Waals surface area contributed by atoms with Crippen molar-refractivity contribution >= 4 is 5.91 Å². The van der Waals surface area contributed by atoms with Crippen LogP contribution in [0.4, 0.5) is 0 Å². The predicted octanol–water partition coefficient (Wildman–Crippen LogP) is 3.74. The highest BCUT2D eigenvalue weighted by Crippen LogP contribution is 2.38. The Morgan fingerprint density at radius 1 is 1.07 bits per heavy atom. The molecule has 6 heteroatoms. The van der Waals surface area contributed by atoms with Crippen molar-refractivity contribution in [3.63, 3.8) is 0 Å². The third kappa shape index (κ3) is 3.84. The predicted molar refractivity (Wildman–Crippen MR) is 113 cm³/mol. The molecule has 0 aliphatic carbocycles. The first-order valence-electron chi connectivity index (χ1n) is 10.9. The lowest BCUT2D eigenvalue weighted by Gasteiger charge is -2.39. The van der Waals surface area contributed by atoms with Crippen molar-refractivity contribution < 1.29 is 19.0 Å². The Kier molecular flexibility index (Phi) is 5.25. The zero-order valence-electron chi connectivity index (χ0n) is 17.3. The molecule has 3 heterocycles. The SMILES string of the molecule is CCOc1ccc(C(=O)NC2CC3CCC(C2)N3Cc2ccc3c(c2)OCO3)cc1. The van der Waals surface area contributed by atoms with Crippen LogP contribution in [0.15, 0.2) is 42.5 Å². The number of nitrogens with zero attached hydrogens (tertiary/aromatic N) is 1. The summed E-state index contributed by atoms with van der Waals surface area (Å²) in [6.45, 7) is 3.81. The number of nitrogens with one attached hydrogen (secondary N) is 1. The van der Waals surface area contributed by atoms with Crippen LogP contribution in [-0.4, -0.2) is 42.3 Å². The molecule has 1 amide bonds. The maximum absolute atomic E-state index is 12.7. The van der Waals surface area contributed by atoms with Gasteiger partial charge in [-0.3, -0.25) is 9.69 Å². The third-order valence-electron chi connectivity index (χ3n) is 6.45. The summed E-state index contributed by atoms with van der Waals surface area (Å²) in [5.41, 5.74) is 1.95. The van der Waals surface area contributed by atoms with E-state index >= 15 is 0 Å². The second kappa shape index (κ2) is 8.19. The van der Waals surface area contributed by atoms with Crippen molar-refractivity contribution in [1.82, 2.24) is 10.2 Å². The molecule has 2 atom stereocenters. The van der Waals surface area contributed by atoms with E-state index in [1.54, 1.807) is 0 Å². The molecule has 2 saturated heterocycles. The Bertz CT molecular complexity index is 900. The van der Waals surface area contributed by atoms with Crippen LogP contribution in [-0.2, 0) is 6.54 Å². The van der Waals surface area contributed by atoms with E-state index in [4.69, 9.17) is 14.2 Å². The van der Waals surface area contributed by atoms with E-state index < -0.39 is 0 Å². The topological polar surface area (TPSA) is 60.0 Å². The minimum Gasteiger partial charge on any atom is -0.494 e. The molecule has 0 saturated carbocycles. The first-order chi connectivity index (χ1) is 14.7. The average Bonchev–Trinajstić information content (AvgIpc) is 3.30. The number of carbonyl (C=O) groups is 1. The van der Waals surface area contributed by atoms with Crippen molar-refractivity contribution in [2.45, 2.75) is 57.3 Å². The third-order valence-corrected chi connectivity index (χ3v) is 6.45. The normalized spacial score (nSPS) is 24.6. The van der Waals surface area contributed by atoms with Gasteiger partial charge in [0.05, 0.1) is 6.61 Å². The van der Waals surface area contributed by atoms with Gasteiger partial charge in [0.25, 0.3) is 5.91 Å². The van der Waals surface area contributed by atoms with Crippen LogP contribution in [0.25, 0.3) is 0 Å². The lowest BCUT2D eigenvalue weighted by atomic mass is 9.96. The number of rotatable bonds is 6. The quantitative estimate of drug-likeness (QED) is 0.789. The number of benzene rings is 2. The highest BCUT2D eigenvalue weighted by molar-refractivity contribution is 5.94. The number of carbonyl (C=O) groups excluding carboxylic acids is 1. The summed E-state index contributed by atoms with van der Waals surface area (Å²) in [6.07, 6.45) is 4.41. The Hall–Kier alpha value is -2.73. The summed E-state index contributed by atoms with van der Waals surface area (Å²) in [5, 5.41) is 3.26. The van der Waals surface area contributed by atoms with Crippen LogP contribution < -0.4 is 19.5 Å². The van der Waals surface area contributed by atoms with Gasteiger partial charge >= 0.3 is 0 Å². The molecule has 0 radical (unpaired) electrons. The minimum atomic E-state index is 0.00618. The molecular weight excluding hydrogens is 380 g/mol. The smallest absolute Gasteiger partial charge is 0.251 e. The van der Waals surface area contributed by atoms with Gasteiger partial charge in [0.15, 0.2) is 11.5 Å². The summed E-state index contributed by atoms with van der Waals surface area (Å²) < 4.78 is 16.4. The molecule has 0 spiro atoms. The van der Waals surface area contributed by atoms with Crippen LogP contribution >= 0.6 is 0 Å². The molecule has 5 rings (SSSR count). The number of piperidine rings is 1. The van der Waals surface area contributed by atoms with Gasteiger partial charge < -0.3 is 19.5 Å². The van der Waals surface area contributed by atoms with Gasteiger partial charge in [-0.25, -0.2) is 0 Å². The molecule has 158 valence electrons. The van der Waals surface area contributed by atoms with Gasteiger partial charge in [-0.05, 0) is 74.6 Å². The largest absolute Gasteiger partial charge is 0.494 e. The molecule has 2 fully saturated rings. The molecule has 3 aliphatic heterocycles. The van der Waals surface area contributed by atoms with E-state index in [-0.39, 0.29) is 11.9 Å². The van der Waals surface area contributed by atoms with E-state index in [1.807, 2.05) is 37.3 Å². The summed E-state index contributed by atoms with van der Waals surface area (Å²) in [7, 11) is 0. The average molecular weight is 408 g/mol. The van der Waals surface area contributed by atoms with Crippen molar-refractivity contribution in [1.29, 1.82) is 0 Å². The van der Waals surface area contributed by atoms with Crippen LogP contribution in [0, 0.1) is 0 Å². The van der Waals surface area contributed by atoms with Crippen molar-refractivity contribution in [2.75, 3.05) is 13.4 Å². The second-order valence-electron chi connectivity index (χ2n) is 8.34. The number of amides is 1. The molecule has 6 nitrogen and oxygen atoms in total. The van der Waals surface area contributed by atoms with Crippen molar-refractivity contribution in [3.8, 4) is 17.2 Å². The Labute approximate surface area is 177 Å². The van der Waals surface area contributed by atoms with E-state index in [9.17, 15) is 4.79 Å². The number of fused-ring (bicyclic) bond motifs is 3. The number of hydrogen-bond acceptors (Lipinski definition) is 5. The van der Waals surface area contributed by atoms with Gasteiger partial charge in [-0.15, -0.1) is 0 Å². The Morgan fingerprint density at radius 2 is 1.80 bits per heavy atom. The molecule has 2 aromatic carbocycles. The van der Waals surface area contributed by atoms with Gasteiger partial charge in [-0.2, -0.15) is 0 Å². The molecule has 2 unspecified atom stereocenters. The number of hydrogen-bond donors (Lipinski definition) is 1. The molecular formula is C24H28N2O4. The maximum Gasteiger partial charge on any atom is 0.251 e. The standard InChI is InChI=1S/C24H28N2O4/c1-2-28-21-8-4-17(5-9-21)24(27)25-18-12-19-6-7-20(13-18)26(19)14-16-3-10-22-23(11-16)30-15-29-22/h3-5,8-11,18-20H,2,6-7,12-15H2,1H3,(H,25,27). The minimum absolute atomic E-state index is 0.00618. The highest BCUT2D eigenvalue weighted by atomic mass is 16.7. The van der Waals surface area contributed by atoms with Crippen LogP contribution in [0.3, 0.4) is 0 Å². The molecule has 2 aromatic rings. The van der Waals surface area contributed by atoms with E-state index in [1.165, 1.54) is 18.4 Å². The van der Waals surface area contributed by atoms with Crippen molar-refractivity contribution in [2.24, 2.45) is 0 Å². The lowest BCUT2D eigenvalue weighted by molar-refractivity contribution is 0.0827. The van der Waals surface area contributed by atoms with Crippen LogP contribution in [0.1, 0.15) is 48.5 Å². The first-order valence-corrected chi connectivity index (χ1v) is 10.9. The number of ether oxygens (including phenoxy) is 3. The van der Waals surface area contributed by atoms with E-state index in [0.29, 0.717) is 31.0 Å². The molecule has 2 bridgehead atoms. The Morgan fingerprint density at radius 3 is 2.53 bits per heavy atom. The second-order valence-corrected chi connectivity index (χ2v) is 8.34. The zero-order chi connectivity index (χ0) is 20.5. The highest BCUT2D eigenvalue weighted by Gasteiger charge is 2.41. The van der Waals surface area contributed by atoms with Gasteiger partial charge in [-0.1, -0.05) is 6.07 Å². The maximum atomic E-state index is 12.7. The summed E-state index contributed by atoms with van der Waals surface area (Å²) in [6, 6.07) is 14.9. The van der Waals surface area contributed by atoms with Crippen molar-refractivity contribution in [3.05, 3.63) is 53.6 Å². The summed E-state index contributed by atoms with van der Waals surface area (Å²) >= 11 is 0.